The molecule has 0 bridgehead atoms. The van der Waals surface area contributed by atoms with E-state index in [1.807, 2.05) is 0 Å². The number of phenols is 1. The molecule has 0 amide bonds. The van der Waals surface area contributed by atoms with Crippen molar-refractivity contribution in [3.63, 3.8) is 0 Å². The molecule has 0 spiro atoms. The van der Waals surface area contributed by atoms with Crippen LogP contribution in [0, 0.1) is 0 Å². The Morgan fingerprint density at radius 3 is 0.840 bits per heavy atom. The van der Waals surface area contributed by atoms with Gasteiger partial charge in [0.2, 0.25) is 0 Å². The smallest absolute Gasteiger partial charge is 0.339 e. The summed E-state index contributed by atoms with van der Waals surface area (Å²) in [5.41, 5.74) is 4.89. The normalized spacial score (nSPS) is 11.5. The molecule has 0 aromatic heterocycles. The lowest BCUT2D eigenvalue weighted by Crippen LogP contribution is -2.14. The van der Waals surface area contributed by atoms with Crippen molar-refractivity contribution in [1.29, 1.82) is 0 Å². The lowest BCUT2D eigenvalue weighted by molar-refractivity contribution is 0.0692. The molecule has 0 aliphatic carbocycles. The Hall–Kier alpha value is -1.51. The minimum absolute atomic E-state index is 0.115. The molecular weight excluding hydrogens is 613 g/mol. The van der Waals surface area contributed by atoms with Gasteiger partial charge in [0.15, 0.2) is 0 Å². The number of carboxylic acid groups (broad SMARTS) is 1. The van der Waals surface area contributed by atoms with Gasteiger partial charge < -0.3 is 10.2 Å². The summed E-state index contributed by atoms with van der Waals surface area (Å²) in [6.45, 7) is 9.10. The zero-order valence-corrected chi connectivity index (χ0v) is 34.3. The van der Waals surface area contributed by atoms with Crippen molar-refractivity contribution in [2.75, 3.05) is 0 Å². The highest BCUT2D eigenvalue weighted by Crippen LogP contribution is 2.38. The molecule has 3 heteroatoms. The van der Waals surface area contributed by atoms with Gasteiger partial charge in [-0.2, -0.15) is 0 Å². The summed E-state index contributed by atoms with van der Waals surface area (Å²) in [4.78, 5) is 12.9. The summed E-state index contributed by atoms with van der Waals surface area (Å²) < 4.78 is 0. The fourth-order valence-corrected chi connectivity index (χ4v) is 8.07. The fraction of sp³-hybridized carbons (Fsp3) is 0.851. The first-order valence-electron chi connectivity index (χ1n) is 22.6. The number of benzene rings is 1. The molecule has 0 saturated carbocycles. The molecule has 1 aromatic rings. The van der Waals surface area contributed by atoms with Crippen LogP contribution < -0.4 is 0 Å². The molecule has 0 atom stereocenters. The topological polar surface area (TPSA) is 57.5 Å². The molecular formula is C47H86O3. The Balaban J connectivity index is 3.23. The van der Waals surface area contributed by atoms with Gasteiger partial charge in [-0.15, -0.1) is 0 Å². The Bertz CT molecular complexity index is 935. The van der Waals surface area contributed by atoms with Crippen LogP contribution in [-0.2, 0) is 25.7 Å². The van der Waals surface area contributed by atoms with Crippen molar-refractivity contribution in [1.82, 2.24) is 0 Å². The lowest BCUT2D eigenvalue weighted by atomic mass is 9.82. The van der Waals surface area contributed by atoms with Gasteiger partial charge in [0, 0.05) is 0 Å². The van der Waals surface area contributed by atoms with E-state index in [2.05, 4.69) is 27.7 Å². The summed E-state index contributed by atoms with van der Waals surface area (Å²) >= 11 is 0. The van der Waals surface area contributed by atoms with Crippen LogP contribution in [0.5, 0.6) is 5.75 Å². The highest BCUT2D eigenvalue weighted by atomic mass is 16.4. The van der Waals surface area contributed by atoms with E-state index in [9.17, 15) is 15.0 Å². The molecule has 50 heavy (non-hydrogen) atoms. The van der Waals surface area contributed by atoms with Crippen molar-refractivity contribution >= 4 is 5.97 Å². The second-order valence-electron chi connectivity index (χ2n) is 15.8. The summed E-state index contributed by atoms with van der Waals surface area (Å²) in [6, 6.07) is 0. The highest BCUT2D eigenvalue weighted by Gasteiger charge is 2.26. The average molecular weight is 699 g/mol. The number of rotatable bonds is 37. The lowest BCUT2D eigenvalue weighted by Gasteiger charge is -2.24. The molecule has 0 aliphatic heterocycles. The van der Waals surface area contributed by atoms with E-state index < -0.39 is 5.97 Å². The van der Waals surface area contributed by atoms with Crippen LogP contribution in [0.3, 0.4) is 0 Å². The summed E-state index contributed by atoms with van der Waals surface area (Å²) in [7, 11) is 0. The van der Waals surface area contributed by atoms with Gasteiger partial charge in [0.1, 0.15) is 11.3 Å². The van der Waals surface area contributed by atoms with Crippen LogP contribution in [0.4, 0.5) is 0 Å². The number of hydrogen-bond acceptors (Lipinski definition) is 2. The summed E-state index contributed by atoms with van der Waals surface area (Å²) in [5, 5.41) is 22.4. The van der Waals surface area contributed by atoms with E-state index in [-0.39, 0.29) is 11.3 Å². The third kappa shape index (κ3) is 21.8. The van der Waals surface area contributed by atoms with Crippen LogP contribution in [0.2, 0.25) is 0 Å². The molecule has 1 rings (SSSR count). The van der Waals surface area contributed by atoms with Gasteiger partial charge in [-0.25, -0.2) is 4.79 Å². The zero-order valence-electron chi connectivity index (χ0n) is 34.3. The molecule has 1 aromatic carbocycles. The molecule has 0 aliphatic rings. The first-order chi connectivity index (χ1) is 24.5. The van der Waals surface area contributed by atoms with Crippen molar-refractivity contribution < 1.29 is 15.0 Å². The van der Waals surface area contributed by atoms with Crippen LogP contribution >= 0.6 is 0 Å². The van der Waals surface area contributed by atoms with Crippen molar-refractivity contribution in [3.8, 4) is 5.75 Å². The van der Waals surface area contributed by atoms with Crippen LogP contribution in [0.1, 0.15) is 266 Å². The molecule has 0 heterocycles. The summed E-state index contributed by atoms with van der Waals surface area (Å²) in [5.74, 6) is -0.811. The molecule has 3 nitrogen and oxygen atoms in total. The third-order valence-corrected chi connectivity index (χ3v) is 11.3. The SMILES string of the molecule is CCCCCCCCCCc1c(O)c(C(=O)O)c(CCCCCCCCCC)c(CCCCCCCCCC)c1CCCCCCCCCC. The quantitative estimate of drug-likeness (QED) is 0.0680. The van der Waals surface area contributed by atoms with E-state index in [0.717, 1.165) is 68.9 Å². The van der Waals surface area contributed by atoms with Gasteiger partial charge in [-0.3, -0.25) is 0 Å². The first kappa shape index (κ1) is 46.5. The maximum absolute atomic E-state index is 12.9. The molecule has 0 fully saturated rings. The van der Waals surface area contributed by atoms with Gasteiger partial charge in [0.25, 0.3) is 0 Å². The Labute approximate surface area is 312 Å². The molecule has 0 radical (unpaired) electrons. The number of aromatic hydroxyl groups is 1. The summed E-state index contributed by atoms with van der Waals surface area (Å²) in [6.07, 6.45) is 44.1. The predicted molar refractivity (Wildman–Crippen MR) is 220 cm³/mol. The number of hydrogen-bond donors (Lipinski definition) is 2. The van der Waals surface area contributed by atoms with E-state index in [0.29, 0.717) is 0 Å². The van der Waals surface area contributed by atoms with Gasteiger partial charge >= 0.3 is 5.97 Å². The van der Waals surface area contributed by atoms with Gasteiger partial charge in [0.05, 0.1) is 0 Å². The van der Waals surface area contributed by atoms with Gasteiger partial charge in [-0.1, -0.05) is 207 Å². The minimum Gasteiger partial charge on any atom is -0.507 e. The molecule has 292 valence electrons. The predicted octanol–water partition coefficient (Wildman–Crippen LogP) is 15.8. The second-order valence-corrected chi connectivity index (χ2v) is 15.8. The average Bonchev–Trinajstić information content (AvgIpc) is 3.10. The molecule has 0 saturated heterocycles. The first-order valence-corrected chi connectivity index (χ1v) is 22.6. The monoisotopic (exact) mass is 699 g/mol. The van der Waals surface area contributed by atoms with E-state index >= 15 is 0 Å². The van der Waals surface area contributed by atoms with Crippen molar-refractivity contribution in [3.05, 3.63) is 27.8 Å². The number of carbonyl (C=O) groups is 1. The molecule has 2 N–H and O–H groups in total. The third-order valence-electron chi connectivity index (χ3n) is 11.3. The van der Waals surface area contributed by atoms with Gasteiger partial charge in [-0.05, 0) is 73.6 Å². The standard InChI is InChI=1S/C47H86O3/c1-5-9-13-17-21-25-29-33-37-41-42(38-34-30-26-22-18-14-10-6-2)44(40-36-32-28-24-20-16-12-8-4)46(48)45(47(49)50)43(41)39-35-31-27-23-19-15-11-7-3/h48H,5-40H2,1-4H3,(H,49,50). The highest BCUT2D eigenvalue weighted by molar-refractivity contribution is 5.94. The van der Waals surface area contributed by atoms with E-state index in [4.69, 9.17) is 0 Å². The minimum atomic E-state index is -0.926. The second kappa shape index (κ2) is 33.3. The Morgan fingerprint density at radius 1 is 0.340 bits per heavy atom. The largest absolute Gasteiger partial charge is 0.507 e. The zero-order chi connectivity index (χ0) is 36.5. The maximum atomic E-state index is 12.9. The van der Waals surface area contributed by atoms with E-state index in [1.165, 1.54) is 184 Å². The fourth-order valence-electron chi connectivity index (χ4n) is 8.07. The van der Waals surface area contributed by atoms with Crippen molar-refractivity contribution in [2.24, 2.45) is 0 Å². The van der Waals surface area contributed by atoms with Crippen LogP contribution in [0.15, 0.2) is 0 Å². The van der Waals surface area contributed by atoms with E-state index in [1.54, 1.807) is 0 Å². The van der Waals surface area contributed by atoms with Crippen LogP contribution in [-0.4, -0.2) is 16.2 Å². The Kier molecular flexibility index (Phi) is 31.0. The molecule has 0 unspecified atom stereocenters. The number of carboxylic acids is 1. The number of aromatic carboxylic acids is 1. The number of unbranched alkanes of at least 4 members (excludes halogenated alkanes) is 28. The Morgan fingerprint density at radius 2 is 0.560 bits per heavy atom. The van der Waals surface area contributed by atoms with Crippen molar-refractivity contribution in [2.45, 2.75) is 259 Å². The maximum Gasteiger partial charge on any atom is 0.339 e. The van der Waals surface area contributed by atoms with Crippen LogP contribution in [0.25, 0.3) is 0 Å².